The molecular weight excluding hydrogens is 620 g/mol. The van der Waals surface area contributed by atoms with Crippen LogP contribution < -0.4 is 15.9 Å². The molecule has 0 amide bonds. The summed E-state index contributed by atoms with van der Waals surface area (Å²) in [7, 11) is -0.928. The van der Waals surface area contributed by atoms with Crippen LogP contribution in [0.3, 0.4) is 0 Å². The van der Waals surface area contributed by atoms with E-state index in [4.69, 9.17) is 0 Å². The molecule has 8 aromatic carbocycles. The highest BCUT2D eigenvalue weighted by Crippen LogP contribution is 2.57. The molecule has 0 N–H and O–H groups in total. The van der Waals surface area contributed by atoms with Crippen molar-refractivity contribution in [1.29, 1.82) is 0 Å². The van der Waals surface area contributed by atoms with E-state index >= 15 is 0 Å². The van der Waals surface area contributed by atoms with E-state index in [0.29, 0.717) is 0 Å². The van der Waals surface area contributed by atoms with Crippen molar-refractivity contribution in [2.24, 2.45) is 0 Å². The lowest BCUT2D eigenvalue weighted by atomic mass is 9.81. The summed E-state index contributed by atoms with van der Waals surface area (Å²) in [5, 5.41) is 6.92. The minimum absolute atomic E-state index is 0.155. The predicted molar refractivity (Wildman–Crippen MR) is 216 cm³/mol. The van der Waals surface area contributed by atoms with Gasteiger partial charge in [0.15, 0.2) is 0 Å². The van der Waals surface area contributed by atoms with Crippen LogP contribution in [0.5, 0.6) is 0 Å². The molecule has 0 nitrogen and oxygen atoms in total. The summed E-state index contributed by atoms with van der Waals surface area (Å²) < 4.78 is 0. The highest BCUT2D eigenvalue weighted by molar-refractivity contribution is 7.80. The lowest BCUT2D eigenvalue weighted by Gasteiger charge is -2.27. The molecule has 2 aliphatic rings. The molecule has 0 saturated carbocycles. The van der Waals surface area contributed by atoms with Gasteiger partial charge in [0.1, 0.15) is 0 Å². The second-order valence-corrected chi connectivity index (χ2v) is 16.2. The Morgan fingerprint density at radius 2 is 0.900 bits per heavy atom. The van der Waals surface area contributed by atoms with E-state index < -0.39 is 7.92 Å². The molecule has 2 aliphatic carbocycles. The zero-order chi connectivity index (χ0) is 33.4. The van der Waals surface area contributed by atoms with Gasteiger partial charge in [0.05, 0.1) is 0 Å². The third-order valence-electron chi connectivity index (χ3n) is 11.0. The van der Waals surface area contributed by atoms with E-state index in [1.165, 1.54) is 93.4 Å². The Morgan fingerprint density at radius 1 is 0.380 bits per heavy atom. The van der Waals surface area contributed by atoms with Gasteiger partial charge in [0.25, 0.3) is 0 Å². The molecule has 0 radical (unpaired) electrons. The van der Waals surface area contributed by atoms with Crippen LogP contribution in [-0.4, -0.2) is 0 Å². The normalized spacial score (nSPS) is 13.3. The molecule has 0 aliphatic heterocycles. The van der Waals surface area contributed by atoms with E-state index in [1.54, 1.807) is 0 Å². The summed E-state index contributed by atoms with van der Waals surface area (Å²) in [6, 6.07) is 65.8. The summed E-state index contributed by atoms with van der Waals surface area (Å²) in [6.45, 7) is 4.87. The highest BCUT2D eigenvalue weighted by atomic mass is 31.1. The van der Waals surface area contributed by atoms with Gasteiger partial charge in [-0.3, -0.25) is 0 Å². The zero-order valence-corrected chi connectivity index (χ0v) is 29.1. The fourth-order valence-electron chi connectivity index (χ4n) is 8.68. The first-order valence-corrected chi connectivity index (χ1v) is 18.9. The van der Waals surface area contributed by atoms with E-state index in [1.807, 2.05) is 0 Å². The van der Waals surface area contributed by atoms with Crippen molar-refractivity contribution in [2.45, 2.75) is 19.3 Å². The first-order valence-electron chi connectivity index (χ1n) is 17.5. The molecule has 0 unspecified atom stereocenters. The van der Waals surface area contributed by atoms with Crippen molar-refractivity contribution in [3.8, 4) is 55.6 Å². The lowest BCUT2D eigenvalue weighted by Crippen LogP contribution is -2.25. The Balaban J connectivity index is 1.22. The number of rotatable bonds is 5. The number of benzene rings is 8. The molecule has 10 rings (SSSR count). The van der Waals surface area contributed by atoms with Crippen LogP contribution in [0.1, 0.15) is 25.0 Å². The lowest BCUT2D eigenvalue weighted by molar-refractivity contribution is 0.661. The van der Waals surface area contributed by atoms with Gasteiger partial charge < -0.3 is 0 Å². The van der Waals surface area contributed by atoms with Crippen molar-refractivity contribution in [1.82, 2.24) is 0 Å². The molecular formula is C49H35P. The van der Waals surface area contributed by atoms with Crippen LogP contribution in [-0.2, 0) is 5.41 Å². The van der Waals surface area contributed by atoms with Gasteiger partial charge >= 0.3 is 0 Å². The summed E-state index contributed by atoms with van der Waals surface area (Å²) in [4.78, 5) is 0. The van der Waals surface area contributed by atoms with E-state index in [9.17, 15) is 0 Å². The van der Waals surface area contributed by atoms with E-state index in [-0.39, 0.29) is 5.41 Å². The topological polar surface area (TPSA) is 0 Å². The molecule has 0 aromatic heterocycles. The predicted octanol–water partition coefficient (Wildman–Crippen LogP) is 11.9. The van der Waals surface area contributed by atoms with Crippen LogP contribution in [0.25, 0.3) is 66.4 Å². The molecule has 1 heteroatoms. The smallest absolute Gasteiger partial charge is 0.0159 e. The Kier molecular flexibility index (Phi) is 6.61. The monoisotopic (exact) mass is 654 g/mol. The van der Waals surface area contributed by atoms with E-state index in [0.717, 1.165) is 0 Å². The zero-order valence-electron chi connectivity index (χ0n) is 28.2. The summed E-state index contributed by atoms with van der Waals surface area (Å²) >= 11 is 0. The van der Waals surface area contributed by atoms with Gasteiger partial charge in [-0.2, -0.15) is 0 Å². The average molecular weight is 655 g/mol. The van der Waals surface area contributed by atoms with Gasteiger partial charge in [0.2, 0.25) is 0 Å². The second-order valence-electron chi connectivity index (χ2n) is 14.1. The first kappa shape index (κ1) is 29.4. The molecule has 8 aromatic rings. The fraction of sp³-hybridized carbons (Fsp3) is 0.0612. The quantitative estimate of drug-likeness (QED) is 0.162. The molecule has 236 valence electrons. The Labute approximate surface area is 295 Å². The van der Waals surface area contributed by atoms with Crippen molar-refractivity contribution in [3.63, 3.8) is 0 Å². The average Bonchev–Trinajstić information content (AvgIpc) is 3.62. The van der Waals surface area contributed by atoms with Crippen molar-refractivity contribution in [2.75, 3.05) is 0 Å². The largest absolute Gasteiger partial charge is 0.0622 e. The molecule has 0 heterocycles. The fourth-order valence-corrected chi connectivity index (χ4v) is 11.3. The number of hydrogen-bond donors (Lipinski definition) is 0. The third kappa shape index (κ3) is 4.29. The Morgan fingerprint density at radius 3 is 1.52 bits per heavy atom. The second kappa shape index (κ2) is 11.2. The van der Waals surface area contributed by atoms with Crippen LogP contribution in [0, 0.1) is 0 Å². The van der Waals surface area contributed by atoms with Crippen LogP contribution in [0.2, 0.25) is 0 Å². The van der Waals surface area contributed by atoms with Gasteiger partial charge in [-0.25, -0.2) is 0 Å². The molecule has 0 saturated heterocycles. The standard InChI is InChI=1S/C49H35P/c1-49(2)43-30-34(28-29-40(43)48-41-25-15-24-39-37-22-9-10-23-38(37)42(47(39)41)31-44(48)49)50(45-26-13-11-20-35(45)32-16-5-3-6-17-32)46-27-14-12-21-36(46)33-18-7-4-8-19-33/h3-31H,1-2H3. The van der Waals surface area contributed by atoms with Gasteiger partial charge in [0, 0.05) is 5.41 Å². The van der Waals surface area contributed by atoms with Gasteiger partial charge in [-0.1, -0.05) is 178 Å². The van der Waals surface area contributed by atoms with Crippen molar-refractivity contribution < 1.29 is 0 Å². The summed E-state index contributed by atoms with van der Waals surface area (Å²) in [6.07, 6.45) is 0. The van der Waals surface area contributed by atoms with Crippen LogP contribution >= 0.6 is 7.92 Å². The minimum atomic E-state index is -0.928. The molecule has 0 fully saturated rings. The van der Waals surface area contributed by atoms with Gasteiger partial charge in [-0.15, -0.1) is 0 Å². The summed E-state index contributed by atoms with van der Waals surface area (Å²) in [5.41, 5.74) is 16.0. The third-order valence-corrected chi connectivity index (χ3v) is 13.5. The maximum Gasteiger partial charge on any atom is 0.0159 e. The SMILES string of the molecule is CC1(C)c2cc(P(c3ccccc3-c3ccccc3)c3ccccc3-c3ccccc3)ccc2-c2c1cc1c3c(cccc23)-c2ccccc2-1. The summed E-state index contributed by atoms with van der Waals surface area (Å²) in [5.74, 6) is 0. The molecule has 0 atom stereocenters. The highest BCUT2D eigenvalue weighted by Gasteiger charge is 2.39. The first-order chi connectivity index (χ1) is 24.6. The van der Waals surface area contributed by atoms with Crippen LogP contribution in [0.15, 0.2) is 176 Å². The number of hydrogen-bond acceptors (Lipinski definition) is 0. The van der Waals surface area contributed by atoms with Crippen molar-refractivity contribution >= 4 is 34.6 Å². The van der Waals surface area contributed by atoms with E-state index in [2.05, 4.69) is 190 Å². The van der Waals surface area contributed by atoms with Crippen molar-refractivity contribution in [3.05, 3.63) is 187 Å². The molecule has 0 bridgehead atoms. The molecule has 0 spiro atoms. The van der Waals surface area contributed by atoms with Gasteiger partial charge in [-0.05, 0) is 114 Å². The number of fused-ring (bicyclic) bond motifs is 7. The molecule has 50 heavy (non-hydrogen) atoms. The Hall–Kier alpha value is -5.55. The maximum absolute atomic E-state index is 2.57. The van der Waals surface area contributed by atoms with Crippen LogP contribution in [0.4, 0.5) is 0 Å². The Bertz CT molecular complexity index is 2530. The maximum atomic E-state index is 2.57. The minimum Gasteiger partial charge on any atom is -0.0622 e.